The standard InChI is InChI=1S/C14H16N2O2S/c1-8(2)10-11(15)13(14(17)18-3)19-12(10)9-5-4-6-16-7-9/h4-8H,15H2,1-3H3. The van der Waals surface area contributed by atoms with Crippen LogP contribution in [0.4, 0.5) is 5.69 Å². The summed E-state index contributed by atoms with van der Waals surface area (Å²) in [5.74, 6) is -0.163. The molecule has 0 saturated heterocycles. The number of nitrogens with two attached hydrogens (primary N) is 1. The minimum absolute atomic E-state index is 0.227. The molecule has 0 bridgehead atoms. The lowest BCUT2D eigenvalue weighted by Crippen LogP contribution is -2.03. The normalized spacial score (nSPS) is 10.7. The van der Waals surface area contributed by atoms with Crippen LogP contribution in [0.15, 0.2) is 24.5 Å². The summed E-state index contributed by atoms with van der Waals surface area (Å²) in [6.07, 6.45) is 3.49. The monoisotopic (exact) mass is 276 g/mol. The average Bonchev–Trinajstić information content (AvgIpc) is 2.76. The second kappa shape index (κ2) is 5.40. The van der Waals surface area contributed by atoms with E-state index in [0.29, 0.717) is 10.6 Å². The Bertz CT molecular complexity index is 591. The Labute approximate surface area is 116 Å². The van der Waals surface area contributed by atoms with Crippen molar-refractivity contribution in [2.24, 2.45) is 0 Å². The van der Waals surface area contributed by atoms with Gasteiger partial charge in [-0.05, 0) is 17.5 Å². The molecular formula is C14H16N2O2S. The lowest BCUT2D eigenvalue weighted by atomic mass is 9.99. The largest absolute Gasteiger partial charge is 0.465 e. The number of pyridine rings is 1. The van der Waals surface area contributed by atoms with E-state index in [-0.39, 0.29) is 11.9 Å². The van der Waals surface area contributed by atoms with Crippen LogP contribution < -0.4 is 5.73 Å². The van der Waals surface area contributed by atoms with E-state index in [0.717, 1.165) is 16.0 Å². The number of carbonyl (C=O) groups excluding carboxylic acids is 1. The molecule has 5 heteroatoms. The van der Waals surface area contributed by atoms with E-state index in [1.54, 1.807) is 12.4 Å². The Morgan fingerprint density at radius 2 is 2.21 bits per heavy atom. The molecule has 2 aromatic heterocycles. The Kier molecular flexibility index (Phi) is 3.85. The number of carbonyl (C=O) groups is 1. The van der Waals surface area contributed by atoms with E-state index in [4.69, 9.17) is 10.5 Å². The molecule has 0 amide bonds. The summed E-state index contributed by atoms with van der Waals surface area (Å²) in [5, 5.41) is 0. The molecule has 2 aromatic rings. The molecule has 4 nitrogen and oxygen atoms in total. The Balaban J connectivity index is 2.64. The van der Waals surface area contributed by atoms with Crippen molar-refractivity contribution in [3.63, 3.8) is 0 Å². The van der Waals surface area contributed by atoms with E-state index >= 15 is 0 Å². The highest BCUT2D eigenvalue weighted by molar-refractivity contribution is 7.18. The van der Waals surface area contributed by atoms with E-state index in [1.807, 2.05) is 12.1 Å². The van der Waals surface area contributed by atoms with Crippen LogP contribution in [-0.2, 0) is 4.74 Å². The summed E-state index contributed by atoms with van der Waals surface area (Å²) in [6.45, 7) is 4.11. The number of rotatable bonds is 3. The van der Waals surface area contributed by atoms with Gasteiger partial charge in [0.05, 0.1) is 12.8 Å². The molecule has 0 aliphatic rings. The van der Waals surface area contributed by atoms with Gasteiger partial charge >= 0.3 is 5.97 Å². The first-order valence-corrected chi connectivity index (χ1v) is 6.78. The predicted molar refractivity (Wildman–Crippen MR) is 77.4 cm³/mol. The van der Waals surface area contributed by atoms with Crippen LogP contribution in [0, 0.1) is 0 Å². The van der Waals surface area contributed by atoms with Gasteiger partial charge in [0.2, 0.25) is 0 Å². The first kappa shape index (κ1) is 13.5. The van der Waals surface area contributed by atoms with Gasteiger partial charge in [0, 0.05) is 22.8 Å². The number of hydrogen-bond acceptors (Lipinski definition) is 5. The molecule has 19 heavy (non-hydrogen) atoms. The third-order valence-electron chi connectivity index (χ3n) is 2.86. The van der Waals surface area contributed by atoms with Gasteiger partial charge in [0.25, 0.3) is 0 Å². The molecule has 0 spiro atoms. The van der Waals surface area contributed by atoms with Crippen LogP contribution in [0.25, 0.3) is 10.4 Å². The summed E-state index contributed by atoms with van der Waals surface area (Å²) < 4.78 is 4.78. The van der Waals surface area contributed by atoms with Gasteiger partial charge in [-0.2, -0.15) is 0 Å². The third-order valence-corrected chi connectivity index (χ3v) is 4.11. The molecule has 2 heterocycles. The van der Waals surface area contributed by atoms with Crippen LogP contribution >= 0.6 is 11.3 Å². The van der Waals surface area contributed by atoms with E-state index in [2.05, 4.69) is 18.8 Å². The molecule has 0 fully saturated rings. The van der Waals surface area contributed by atoms with Gasteiger partial charge in [0.15, 0.2) is 0 Å². The van der Waals surface area contributed by atoms with Crippen molar-refractivity contribution in [2.75, 3.05) is 12.8 Å². The second-order valence-electron chi connectivity index (χ2n) is 4.48. The number of anilines is 1. The van der Waals surface area contributed by atoms with Gasteiger partial charge in [-0.1, -0.05) is 19.9 Å². The van der Waals surface area contributed by atoms with Crippen molar-refractivity contribution in [2.45, 2.75) is 19.8 Å². The maximum absolute atomic E-state index is 11.7. The summed E-state index contributed by atoms with van der Waals surface area (Å²) in [5.41, 5.74) is 8.58. The third kappa shape index (κ3) is 2.46. The Morgan fingerprint density at radius 1 is 1.47 bits per heavy atom. The molecule has 0 radical (unpaired) electrons. The predicted octanol–water partition coefficient (Wildman–Crippen LogP) is 3.30. The number of nitrogen functional groups attached to an aromatic ring is 1. The zero-order chi connectivity index (χ0) is 14.0. The van der Waals surface area contributed by atoms with Gasteiger partial charge < -0.3 is 10.5 Å². The number of nitrogens with zero attached hydrogens (tertiary/aromatic N) is 1. The number of aromatic nitrogens is 1. The molecule has 2 rings (SSSR count). The van der Waals surface area contributed by atoms with Gasteiger partial charge in [-0.15, -0.1) is 11.3 Å². The maximum atomic E-state index is 11.7. The SMILES string of the molecule is COC(=O)c1sc(-c2cccnc2)c(C(C)C)c1N. The Morgan fingerprint density at radius 3 is 2.74 bits per heavy atom. The number of esters is 1. The van der Waals surface area contributed by atoms with Gasteiger partial charge in [0.1, 0.15) is 4.88 Å². The van der Waals surface area contributed by atoms with Crippen LogP contribution in [0.5, 0.6) is 0 Å². The lowest BCUT2D eigenvalue weighted by molar-refractivity contribution is 0.0607. The Hall–Kier alpha value is -1.88. The first-order chi connectivity index (χ1) is 9.06. The number of ether oxygens (including phenoxy) is 1. The number of hydrogen-bond donors (Lipinski definition) is 1. The first-order valence-electron chi connectivity index (χ1n) is 5.97. The van der Waals surface area contributed by atoms with Crippen molar-refractivity contribution in [1.29, 1.82) is 0 Å². The van der Waals surface area contributed by atoms with Crippen LogP contribution in [0.1, 0.15) is 35.0 Å². The van der Waals surface area contributed by atoms with Crippen molar-refractivity contribution < 1.29 is 9.53 Å². The smallest absolute Gasteiger partial charge is 0.350 e. The quantitative estimate of drug-likeness (QED) is 0.873. The molecular weight excluding hydrogens is 260 g/mol. The van der Waals surface area contributed by atoms with Gasteiger partial charge in [-0.3, -0.25) is 4.98 Å². The molecule has 0 atom stereocenters. The van der Waals surface area contributed by atoms with Crippen molar-refractivity contribution in [3.05, 3.63) is 35.0 Å². The summed E-state index contributed by atoms with van der Waals surface area (Å²) in [6, 6.07) is 3.83. The number of thiophene rings is 1. The fourth-order valence-electron chi connectivity index (χ4n) is 1.99. The van der Waals surface area contributed by atoms with Crippen molar-refractivity contribution in [1.82, 2.24) is 4.98 Å². The molecule has 0 aliphatic carbocycles. The minimum atomic E-state index is -0.389. The molecule has 0 aliphatic heterocycles. The van der Waals surface area contributed by atoms with E-state index in [1.165, 1.54) is 18.4 Å². The van der Waals surface area contributed by atoms with E-state index in [9.17, 15) is 4.79 Å². The fourth-order valence-corrected chi connectivity index (χ4v) is 3.27. The highest BCUT2D eigenvalue weighted by Gasteiger charge is 2.23. The molecule has 0 saturated carbocycles. The molecule has 0 aromatic carbocycles. The summed E-state index contributed by atoms with van der Waals surface area (Å²) >= 11 is 1.36. The zero-order valence-electron chi connectivity index (χ0n) is 11.1. The molecule has 0 unspecified atom stereocenters. The second-order valence-corrected chi connectivity index (χ2v) is 5.50. The van der Waals surface area contributed by atoms with Crippen LogP contribution in [-0.4, -0.2) is 18.1 Å². The van der Waals surface area contributed by atoms with Gasteiger partial charge in [-0.25, -0.2) is 4.79 Å². The minimum Gasteiger partial charge on any atom is -0.465 e. The van der Waals surface area contributed by atoms with Crippen molar-refractivity contribution >= 4 is 23.0 Å². The fraction of sp³-hybridized carbons (Fsp3) is 0.286. The molecule has 2 N–H and O–H groups in total. The topological polar surface area (TPSA) is 65.2 Å². The summed E-state index contributed by atoms with van der Waals surface area (Å²) in [4.78, 5) is 17.3. The van der Waals surface area contributed by atoms with Crippen LogP contribution in [0.3, 0.4) is 0 Å². The molecule has 100 valence electrons. The zero-order valence-corrected chi connectivity index (χ0v) is 12.0. The lowest BCUT2D eigenvalue weighted by Gasteiger charge is -2.08. The van der Waals surface area contributed by atoms with Crippen molar-refractivity contribution in [3.8, 4) is 10.4 Å². The van der Waals surface area contributed by atoms with E-state index < -0.39 is 0 Å². The highest BCUT2D eigenvalue weighted by Crippen LogP contribution is 2.42. The van der Waals surface area contributed by atoms with Crippen LogP contribution in [0.2, 0.25) is 0 Å². The summed E-state index contributed by atoms with van der Waals surface area (Å²) in [7, 11) is 1.36. The number of methoxy groups -OCH3 is 1. The highest BCUT2D eigenvalue weighted by atomic mass is 32.1. The average molecular weight is 276 g/mol. The maximum Gasteiger partial charge on any atom is 0.350 e.